The molecule has 222 valence electrons. The number of hydrogen-bond acceptors (Lipinski definition) is 10. The molecule has 10 nitrogen and oxygen atoms in total. The van der Waals surface area contributed by atoms with Crippen LogP contribution in [0.25, 0.3) is 16.3 Å². The molecule has 0 saturated heterocycles. The van der Waals surface area contributed by atoms with E-state index in [0.717, 1.165) is 32.1 Å². The van der Waals surface area contributed by atoms with Crippen LogP contribution >= 0.6 is 22.9 Å². The maximum Gasteiger partial charge on any atom is 0.263 e. The summed E-state index contributed by atoms with van der Waals surface area (Å²) in [6.07, 6.45) is 4.70. The van der Waals surface area contributed by atoms with Gasteiger partial charge in [-0.25, -0.2) is 16.8 Å². The average molecular weight is 642 g/mol. The molecule has 0 saturated carbocycles. The summed E-state index contributed by atoms with van der Waals surface area (Å²) in [5, 5.41) is 1.32. The molecule has 0 aliphatic carbocycles. The van der Waals surface area contributed by atoms with Crippen molar-refractivity contribution in [2.75, 3.05) is 30.1 Å². The van der Waals surface area contributed by atoms with E-state index >= 15 is 0 Å². The van der Waals surface area contributed by atoms with Crippen LogP contribution in [0.2, 0.25) is 5.02 Å². The second kappa shape index (κ2) is 12.7. The largest absolute Gasteiger partial charge is 0.748 e. The zero-order valence-electron chi connectivity index (χ0n) is 22.8. The summed E-state index contributed by atoms with van der Waals surface area (Å²) < 4.78 is 81.9. The Morgan fingerprint density at radius 2 is 1.83 bits per heavy atom. The minimum Gasteiger partial charge on any atom is -0.748 e. The van der Waals surface area contributed by atoms with Crippen LogP contribution in [-0.4, -0.2) is 51.1 Å². The molecule has 4 rings (SSSR count). The van der Waals surface area contributed by atoms with Gasteiger partial charge < -0.3 is 23.5 Å². The van der Waals surface area contributed by atoms with Crippen LogP contribution in [-0.2, 0) is 26.8 Å². The normalized spacial score (nSPS) is 15.0. The molecule has 1 aliphatic rings. The lowest BCUT2D eigenvalue weighted by molar-refractivity contribution is -0.668. The predicted molar refractivity (Wildman–Crippen MR) is 157 cm³/mol. The number of aryl methyl sites for hydroxylation is 2. The first kappa shape index (κ1) is 31.3. The van der Waals surface area contributed by atoms with E-state index in [0.29, 0.717) is 35.3 Å². The third-order valence-electron chi connectivity index (χ3n) is 6.52. The lowest BCUT2D eigenvalue weighted by Gasteiger charge is -2.19. The van der Waals surface area contributed by atoms with E-state index in [1.165, 1.54) is 11.3 Å². The molecular formula is C27H30ClN2O8S3-. The fourth-order valence-corrected chi connectivity index (χ4v) is 6.87. The minimum atomic E-state index is -4.37. The Hall–Kier alpha value is -2.68. The van der Waals surface area contributed by atoms with E-state index in [9.17, 15) is 25.9 Å². The van der Waals surface area contributed by atoms with E-state index in [2.05, 4.69) is 0 Å². The monoisotopic (exact) mass is 641 g/mol. The fraction of sp³-hybridized carbons (Fsp3) is 0.370. The van der Waals surface area contributed by atoms with Gasteiger partial charge in [0.25, 0.3) is 5.01 Å². The molecule has 1 aromatic heterocycles. The van der Waals surface area contributed by atoms with Crippen molar-refractivity contribution in [3.05, 3.63) is 63.5 Å². The van der Waals surface area contributed by atoms with Crippen molar-refractivity contribution in [2.45, 2.75) is 39.7 Å². The lowest BCUT2D eigenvalue weighted by Crippen LogP contribution is -2.36. The summed E-state index contributed by atoms with van der Waals surface area (Å²) in [5.41, 5.74) is 3.36. The van der Waals surface area contributed by atoms with Crippen LogP contribution in [0, 0.1) is 6.92 Å². The SMILES string of the molecule is CCC(/C=C1\Oc2ccc(Cl)cc2N1CCCS(=O)(=O)[O-])=C\c1sc2cc(OC)c(C)cc2[n+]1CCCS(=O)(=O)[O-]. The standard InChI is InChI=1S/C27H31ClN2O8S3/c1-4-19(14-26-29(9-5-11-40(31,32)33)21-16-20(28)7-8-23(21)38-26)15-27-30(10-6-12-41(34,35)36)22-13-18(2)24(37-3)17-25(22)39-27/h7-8,13-17H,4-6,9-12H2,1-3H3,(H-,31,32,33,34,35,36)/p-1. The molecule has 2 aromatic carbocycles. The number of methoxy groups -OCH3 is 1. The topological polar surface area (TPSA) is 140 Å². The molecule has 0 fully saturated rings. The fourth-order valence-electron chi connectivity index (χ4n) is 4.57. The van der Waals surface area contributed by atoms with Crippen molar-refractivity contribution >= 4 is 65.2 Å². The van der Waals surface area contributed by atoms with E-state index in [4.69, 9.17) is 21.1 Å². The van der Waals surface area contributed by atoms with Crippen molar-refractivity contribution in [1.29, 1.82) is 0 Å². The number of halogens is 1. The van der Waals surface area contributed by atoms with E-state index in [-0.39, 0.29) is 19.4 Å². The van der Waals surface area contributed by atoms with Crippen molar-refractivity contribution in [1.82, 2.24) is 0 Å². The summed E-state index contributed by atoms with van der Waals surface area (Å²) in [4.78, 5) is 1.79. The highest BCUT2D eigenvalue weighted by atomic mass is 35.5. The zero-order chi connectivity index (χ0) is 29.9. The molecule has 2 heterocycles. The first-order chi connectivity index (χ1) is 19.3. The zero-order valence-corrected chi connectivity index (χ0v) is 26.0. The maximum absolute atomic E-state index is 11.3. The van der Waals surface area contributed by atoms with Crippen LogP contribution in [0.3, 0.4) is 0 Å². The van der Waals surface area contributed by atoms with Crippen molar-refractivity contribution < 1.29 is 40.0 Å². The van der Waals surface area contributed by atoms with Gasteiger partial charge >= 0.3 is 0 Å². The average Bonchev–Trinajstić information content (AvgIpc) is 3.38. The summed E-state index contributed by atoms with van der Waals surface area (Å²) in [6.45, 7) is 4.45. The van der Waals surface area contributed by atoms with Gasteiger partial charge in [0.05, 0.1) is 33.0 Å². The molecule has 14 heteroatoms. The Balaban J connectivity index is 1.74. The number of ether oxygens (including phenoxy) is 2. The molecule has 1 aliphatic heterocycles. The Morgan fingerprint density at radius 3 is 2.49 bits per heavy atom. The van der Waals surface area contributed by atoms with Gasteiger partial charge in [0, 0.05) is 53.8 Å². The number of anilines is 1. The molecule has 0 N–H and O–H groups in total. The van der Waals surface area contributed by atoms with Gasteiger partial charge in [0.2, 0.25) is 11.4 Å². The second-order valence-electron chi connectivity index (χ2n) is 9.53. The first-order valence-corrected chi connectivity index (χ1v) is 17.2. The van der Waals surface area contributed by atoms with Gasteiger partial charge in [-0.05, 0) is 49.1 Å². The molecule has 0 spiro atoms. The number of benzene rings is 2. The van der Waals surface area contributed by atoms with Crippen LogP contribution in [0.1, 0.15) is 36.8 Å². The number of hydrogen-bond donors (Lipinski definition) is 0. The molecule has 3 aromatic rings. The minimum absolute atomic E-state index is 0.101. The van der Waals surface area contributed by atoms with Crippen molar-refractivity contribution in [3.63, 3.8) is 0 Å². The van der Waals surface area contributed by atoms with Crippen LogP contribution in [0.5, 0.6) is 11.5 Å². The van der Waals surface area contributed by atoms with Crippen LogP contribution in [0.4, 0.5) is 5.69 Å². The number of allylic oxidation sites excluding steroid dienone is 2. The number of fused-ring (bicyclic) bond motifs is 2. The third kappa shape index (κ3) is 7.99. The summed E-state index contributed by atoms with van der Waals surface area (Å²) in [5.74, 6) is 0.768. The smallest absolute Gasteiger partial charge is 0.263 e. The lowest BCUT2D eigenvalue weighted by atomic mass is 10.1. The van der Waals surface area contributed by atoms with Gasteiger partial charge in [0.15, 0.2) is 12.3 Å². The van der Waals surface area contributed by atoms with Crippen molar-refractivity contribution in [2.24, 2.45) is 0 Å². The summed E-state index contributed by atoms with van der Waals surface area (Å²) in [6, 6.07) is 9.05. The van der Waals surface area contributed by atoms with Gasteiger partial charge in [-0.15, -0.1) is 0 Å². The Bertz CT molecular complexity index is 1730. The number of nitrogens with zero attached hydrogens (tertiary/aromatic N) is 2. The number of thiazole rings is 1. The highest BCUT2D eigenvalue weighted by molar-refractivity contribution is 7.85. The van der Waals surface area contributed by atoms with Gasteiger partial charge in [-0.1, -0.05) is 29.9 Å². The first-order valence-electron chi connectivity index (χ1n) is 12.8. The van der Waals surface area contributed by atoms with E-state index in [1.54, 1.807) is 30.2 Å². The highest BCUT2D eigenvalue weighted by Crippen LogP contribution is 2.41. The van der Waals surface area contributed by atoms with Crippen LogP contribution in [0.15, 0.2) is 47.9 Å². The number of rotatable bonds is 12. The molecule has 0 atom stereocenters. The Kier molecular flexibility index (Phi) is 9.66. The third-order valence-corrected chi connectivity index (χ3v) is 9.42. The van der Waals surface area contributed by atoms with E-state index in [1.807, 2.05) is 42.7 Å². The quantitative estimate of drug-likeness (QED) is 0.206. The second-order valence-corrected chi connectivity index (χ2v) is 14.1. The Labute approximate surface area is 249 Å². The Morgan fingerprint density at radius 1 is 1.12 bits per heavy atom. The summed E-state index contributed by atoms with van der Waals surface area (Å²) in [7, 11) is -7.12. The molecule has 41 heavy (non-hydrogen) atoms. The number of aromatic nitrogens is 1. The maximum atomic E-state index is 11.3. The van der Waals surface area contributed by atoms with Gasteiger partial charge in [-0.3, -0.25) is 0 Å². The highest BCUT2D eigenvalue weighted by Gasteiger charge is 2.27. The summed E-state index contributed by atoms with van der Waals surface area (Å²) >= 11 is 7.72. The van der Waals surface area contributed by atoms with E-state index < -0.39 is 31.7 Å². The van der Waals surface area contributed by atoms with Crippen molar-refractivity contribution in [3.8, 4) is 11.5 Å². The van der Waals surface area contributed by atoms with Gasteiger partial charge in [0.1, 0.15) is 10.4 Å². The van der Waals surface area contributed by atoms with Crippen LogP contribution < -0.4 is 18.9 Å². The van der Waals surface area contributed by atoms with Gasteiger partial charge in [-0.2, -0.15) is 4.57 Å². The molecular weight excluding hydrogens is 612 g/mol. The molecule has 0 radical (unpaired) electrons. The predicted octanol–water partition coefficient (Wildman–Crippen LogP) is 4.56. The molecule has 0 bridgehead atoms. The molecule has 0 amide bonds. The molecule has 0 unspecified atom stereocenters.